The molecule has 0 aliphatic carbocycles. The molecule has 4 nitrogen and oxygen atoms in total. The summed E-state index contributed by atoms with van der Waals surface area (Å²) in [6.45, 7) is 4.34. The zero-order chi connectivity index (χ0) is 14.9. The molecular weight excluding hydrogens is 272 g/mol. The van der Waals surface area contributed by atoms with Crippen molar-refractivity contribution in [3.63, 3.8) is 0 Å². The van der Waals surface area contributed by atoms with E-state index in [0.717, 1.165) is 43.2 Å². The van der Waals surface area contributed by atoms with Crippen molar-refractivity contribution >= 4 is 29.0 Å². The fourth-order valence-corrected chi connectivity index (χ4v) is 3.09. The minimum atomic E-state index is 0.989. The summed E-state index contributed by atoms with van der Waals surface area (Å²) in [6.07, 6.45) is 2.00. The third-order valence-electron chi connectivity index (χ3n) is 4.43. The number of hydrogen-bond acceptors (Lipinski definition) is 4. The molecule has 0 radical (unpaired) electrons. The van der Waals surface area contributed by atoms with Gasteiger partial charge in [0, 0.05) is 49.3 Å². The number of benzene rings is 2. The number of nitrogens with one attached hydrogen (secondary N) is 1. The Morgan fingerprint density at radius 2 is 1.68 bits per heavy atom. The lowest BCUT2D eigenvalue weighted by atomic mass is 10.1. The van der Waals surface area contributed by atoms with E-state index < -0.39 is 0 Å². The van der Waals surface area contributed by atoms with Crippen LogP contribution in [0.5, 0.6) is 0 Å². The first-order chi connectivity index (χ1) is 10.8. The molecule has 22 heavy (non-hydrogen) atoms. The Balaban J connectivity index is 1.73. The average molecular weight is 292 g/mol. The van der Waals surface area contributed by atoms with Crippen LogP contribution in [-0.4, -0.2) is 44.3 Å². The van der Waals surface area contributed by atoms with Gasteiger partial charge in [-0.2, -0.15) is 0 Å². The van der Waals surface area contributed by atoms with E-state index in [1.807, 2.05) is 24.4 Å². The van der Waals surface area contributed by atoms with Gasteiger partial charge in [0.2, 0.25) is 0 Å². The van der Waals surface area contributed by atoms with Crippen molar-refractivity contribution < 1.29 is 0 Å². The fourth-order valence-electron chi connectivity index (χ4n) is 3.09. The Kier molecular flexibility index (Phi) is 3.31. The number of aliphatic imine (C=N–C) groups is 1. The second-order valence-corrected chi connectivity index (χ2v) is 5.93. The summed E-state index contributed by atoms with van der Waals surface area (Å²) in [5, 5.41) is 3.53. The third-order valence-corrected chi connectivity index (χ3v) is 4.43. The van der Waals surface area contributed by atoms with Gasteiger partial charge in [-0.1, -0.05) is 18.2 Å². The maximum atomic E-state index is 4.67. The van der Waals surface area contributed by atoms with Crippen LogP contribution in [0.3, 0.4) is 0 Å². The van der Waals surface area contributed by atoms with E-state index in [-0.39, 0.29) is 0 Å². The molecule has 2 aliphatic rings. The molecule has 2 heterocycles. The van der Waals surface area contributed by atoms with Gasteiger partial charge in [0.1, 0.15) is 0 Å². The van der Waals surface area contributed by atoms with Gasteiger partial charge in [0.15, 0.2) is 0 Å². The number of anilines is 3. The van der Waals surface area contributed by atoms with Crippen molar-refractivity contribution in [2.75, 3.05) is 43.4 Å². The van der Waals surface area contributed by atoms with Crippen molar-refractivity contribution in [1.82, 2.24) is 4.90 Å². The zero-order valence-electron chi connectivity index (χ0n) is 12.8. The quantitative estimate of drug-likeness (QED) is 0.747. The van der Waals surface area contributed by atoms with Crippen LogP contribution in [-0.2, 0) is 0 Å². The van der Waals surface area contributed by atoms with Gasteiger partial charge in [-0.15, -0.1) is 0 Å². The number of rotatable bonds is 1. The Hall–Kier alpha value is -2.33. The molecule has 0 unspecified atom stereocenters. The van der Waals surface area contributed by atoms with Gasteiger partial charge in [0.25, 0.3) is 0 Å². The molecule has 112 valence electrons. The highest BCUT2D eigenvalue weighted by Crippen LogP contribution is 2.35. The minimum Gasteiger partial charge on any atom is -0.368 e. The highest BCUT2D eigenvalue weighted by molar-refractivity contribution is 6.00. The molecule has 2 aromatic rings. The first-order valence-corrected chi connectivity index (χ1v) is 7.78. The normalized spacial score (nSPS) is 17.4. The molecule has 2 aromatic carbocycles. The lowest BCUT2D eigenvalue weighted by Gasteiger charge is -2.35. The number of piperazine rings is 1. The molecule has 4 heteroatoms. The van der Waals surface area contributed by atoms with E-state index in [9.17, 15) is 0 Å². The standard InChI is InChI=1S/C18H20N4/c1-21-9-11-22(12-10-21)18-8-4-7-15-14(18)13-19-16-5-2-3-6-17(16)20-15/h2-8,13,20H,9-12H2,1H3. The Bertz CT molecular complexity index is 715. The summed E-state index contributed by atoms with van der Waals surface area (Å²) in [7, 11) is 2.18. The maximum Gasteiger partial charge on any atom is 0.0864 e. The molecule has 1 N–H and O–H groups in total. The van der Waals surface area contributed by atoms with E-state index in [4.69, 9.17) is 0 Å². The van der Waals surface area contributed by atoms with Crippen LogP contribution in [0.1, 0.15) is 5.56 Å². The minimum absolute atomic E-state index is 0.989. The van der Waals surface area contributed by atoms with Crippen LogP contribution in [0.2, 0.25) is 0 Å². The van der Waals surface area contributed by atoms with Crippen molar-refractivity contribution in [2.24, 2.45) is 4.99 Å². The van der Waals surface area contributed by atoms with Crippen molar-refractivity contribution in [3.05, 3.63) is 48.0 Å². The molecular formula is C18H20N4. The lowest BCUT2D eigenvalue weighted by molar-refractivity contribution is 0.313. The van der Waals surface area contributed by atoms with Gasteiger partial charge in [-0.05, 0) is 31.3 Å². The number of hydrogen-bond donors (Lipinski definition) is 1. The predicted octanol–water partition coefficient (Wildman–Crippen LogP) is 3.25. The summed E-state index contributed by atoms with van der Waals surface area (Å²) in [5.41, 5.74) is 5.64. The highest BCUT2D eigenvalue weighted by Gasteiger charge is 2.19. The molecule has 1 fully saturated rings. The first kappa shape index (κ1) is 13.3. The smallest absolute Gasteiger partial charge is 0.0864 e. The molecule has 0 bridgehead atoms. The molecule has 0 saturated carbocycles. The number of nitrogens with zero attached hydrogens (tertiary/aromatic N) is 3. The maximum absolute atomic E-state index is 4.67. The predicted molar refractivity (Wildman–Crippen MR) is 93.1 cm³/mol. The Morgan fingerprint density at radius 1 is 0.909 bits per heavy atom. The molecule has 4 rings (SSSR count). The summed E-state index contributed by atoms with van der Waals surface area (Å²) in [6, 6.07) is 14.6. The molecule has 0 amide bonds. The van der Waals surface area contributed by atoms with Crippen molar-refractivity contribution in [3.8, 4) is 0 Å². The summed E-state index contributed by atoms with van der Waals surface area (Å²) >= 11 is 0. The van der Waals surface area contributed by atoms with E-state index in [1.165, 1.54) is 11.3 Å². The molecule has 0 atom stereocenters. The van der Waals surface area contributed by atoms with Crippen LogP contribution >= 0.6 is 0 Å². The number of para-hydroxylation sites is 2. The Morgan fingerprint density at radius 3 is 2.55 bits per heavy atom. The summed E-state index contributed by atoms with van der Waals surface area (Å²) in [4.78, 5) is 9.51. The second kappa shape index (κ2) is 5.46. The van der Waals surface area contributed by atoms with Crippen LogP contribution in [0.15, 0.2) is 47.5 Å². The van der Waals surface area contributed by atoms with Crippen LogP contribution < -0.4 is 10.2 Å². The molecule has 0 aromatic heterocycles. The fraction of sp³-hybridized carbons (Fsp3) is 0.278. The SMILES string of the molecule is CN1CCN(c2cccc3c2C=Nc2ccccc2N3)CC1. The molecule has 0 spiro atoms. The number of fused-ring (bicyclic) bond motifs is 2. The third kappa shape index (κ3) is 2.35. The lowest BCUT2D eigenvalue weighted by Crippen LogP contribution is -2.44. The topological polar surface area (TPSA) is 30.9 Å². The first-order valence-electron chi connectivity index (χ1n) is 7.78. The Labute approximate surface area is 131 Å². The van der Waals surface area contributed by atoms with Gasteiger partial charge in [-0.25, -0.2) is 0 Å². The zero-order valence-corrected chi connectivity index (χ0v) is 12.8. The summed E-state index contributed by atoms with van der Waals surface area (Å²) < 4.78 is 0. The van der Waals surface area contributed by atoms with Crippen molar-refractivity contribution in [1.29, 1.82) is 0 Å². The van der Waals surface area contributed by atoms with Crippen LogP contribution in [0, 0.1) is 0 Å². The van der Waals surface area contributed by atoms with Gasteiger partial charge >= 0.3 is 0 Å². The summed E-state index contributed by atoms with van der Waals surface area (Å²) in [5.74, 6) is 0. The van der Waals surface area contributed by atoms with Crippen LogP contribution in [0.25, 0.3) is 0 Å². The van der Waals surface area contributed by atoms with E-state index in [0.29, 0.717) is 0 Å². The van der Waals surface area contributed by atoms with E-state index in [2.05, 4.69) is 51.4 Å². The van der Waals surface area contributed by atoms with Crippen molar-refractivity contribution in [2.45, 2.75) is 0 Å². The van der Waals surface area contributed by atoms with E-state index >= 15 is 0 Å². The number of likely N-dealkylation sites (N-methyl/N-ethyl adjacent to an activating group) is 1. The molecule has 2 aliphatic heterocycles. The van der Waals surface area contributed by atoms with Gasteiger partial charge in [-0.3, -0.25) is 4.99 Å². The highest BCUT2D eigenvalue weighted by atomic mass is 15.2. The second-order valence-electron chi connectivity index (χ2n) is 5.93. The van der Waals surface area contributed by atoms with Gasteiger partial charge in [0.05, 0.1) is 11.4 Å². The average Bonchev–Trinajstić information content (AvgIpc) is 2.74. The van der Waals surface area contributed by atoms with E-state index in [1.54, 1.807) is 0 Å². The largest absolute Gasteiger partial charge is 0.368 e. The molecule has 1 saturated heterocycles. The van der Waals surface area contributed by atoms with Gasteiger partial charge < -0.3 is 15.1 Å². The monoisotopic (exact) mass is 292 g/mol. The van der Waals surface area contributed by atoms with Crippen LogP contribution in [0.4, 0.5) is 22.7 Å².